The van der Waals surface area contributed by atoms with Crippen LogP contribution in [0.5, 0.6) is 0 Å². The number of anilines is 1. The van der Waals surface area contributed by atoms with E-state index in [0.717, 1.165) is 6.07 Å². The minimum atomic E-state index is -0.788. The maximum atomic E-state index is 13.4. The van der Waals surface area contributed by atoms with Crippen molar-refractivity contribution in [1.29, 1.82) is 5.26 Å². The Morgan fingerprint density at radius 2 is 1.95 bits per heavy atom. The van der Waals surface area contributed by atoms with Crippen LogP contribution in [-0.4, -0.2) is 10.8 Å². The highest BCUT2D eigenvalue weighted by Gasteiger charge is 2.20. The fourth-order valence-corrected chi connectivity index (χ4v) is 1.76. The van der Waals surface area contributed by atoms with Gasteiger partial charge in [0.25, 0.3) is 11.6 Å². The Morgan fingerprint density at radius 3 is 2.62 bits per heavy atom. The van der Waals surface area contributed by atoms with Crippen LogP contribution in [0.4, 0.5) is 15.8 Å². The fraction of sp³-hybridized carbons (Fsp3) is 0. The molecule has 0 unspecified atom stereocenters. The molecule has 0 spiro atoms. The van der Waals surface area contributed by atoms with Gasteiger partial charge in [0.05, 0.1) is 10.6 Å². The number of nitro groups is 1. The Balaban J connectivity index is 2.38. The lowest BCUT2D eigenvalue weighted by Crippen LogP contribution is -2.15. The third-order valence-corrected chi connectivity index (χ3v) is 2.72. The van der Waals surface area contributed by atoms with E-state index in [-0.39, 0.29) is 22.5 Å². The molecule has 0 aromatic heterocycles. The van der Waals surface area contributed by atoms with E-state index in [1.807, 2.05) is 0 Å². The molecule has 0 aliphatic heterocycles. The van der Waals surface area contributed by atoms with Crippen molar-refractivity contribution in [2.24, 2.45) is 0 Å². The van der Waals surface area contributed by atoms with Crippen LogP contribution in [0, 0.1) is 27.3 Å². The van der Waals surface area contributed by atoms with Crippen molar-refractivity contribution in [1.82, 2.24) is 0 Å². The third-order valence-electron chi connectivity index (χ3n) is 2.72. The summed E-state index contributed by atoms with van der Waals surface area (Å²) in [6, 6.07) is 10.7. The predicted molar refractivity (Wildman–Crippen MR) is 72.2 cm³/mol. The van der Waals surface area contributed by atoms with Crippen molar-refractivity contribution >= 4 is 17.3 Å². The SMILES string of the molecule is N#Cc1c(F)cccc1NC(=O)c1ccccc1[N+](=O)[O-]. The Labute approximate surface area is 118 Å². The molecule has 104 valence electrons. The standard InChI is InChI=1S/C14H8FN3O3/c15-11-5-3-6-12(10(11)8-16)17-14(19)9-4-1-2-7-13(9)18(20)21/h1-7H,(H,17,19). The zero-order valence-corrected chi connectivity index (χ0v) is 10.5. The monoisotopic (exact) mass is 285 g/mol. The van der Waals surface area contributed by atoms with Gasteiger partial charge < -0.3 is 5.32 Å². The lowest BCUT2D eigenvalue weighted by molar-refractivity contribution is -0.385. The van der Waals surface area contributed by atoms with Gasteiger partial charge in [0, 0.05) is 6.07 Å². The molecule has 0 radical (unpaired) electrons. The topological polar surface area (TPSA) is 96.0 Å². The number of benzene rings is 2. The number of nitrogens with one attached hydrogen (secondary N) is 1. The molecule has 0 saturated carbocycles. The van der Waals surface area contributed by atoms with Gasteiger partial charge >= 0.3 is 0 Å². The van der Waals surface area contributed by atoms with Gasteiger partial charge in [-0.15, -0.1) is 0 Å². The summed E-state index contributed by atoms with van der Waals surface area (Å²) in [6.45, 7) is 0. The van der Waals surface area contributed by atoms with Crippen molar-refractivity contribution in [2.45, 2.75) is 0 Å². The van der Waals surface area contributed by atoms with Crippen LogP contribution in [0.3, 0.4) is 0 Å². The molecular formula is C14H8FN3O3. The highest BCUT2D eigenvalue weighted by molar-refractivity contribution is 6.07. The van der Waals surface area contributed by atoms with E-state index >= 15 is 0 Å². The van der Waals surface area contributed by atoms with E-state index in [2.05, 4.69) is 5.32 Å². The van der Waals surface area contributed by atoms with Crippen LogP contribution in [0.2, 0.25) is 0 Å². The van der Waals surface area contributed by atoms with E-state index in [9.17, 15) is 19.3 Å². The molecule has 6 nitrogen and oxygen atoms in total. The predicted octanol–water partition coefficient (Wildman–Crippen LogP) is 2.86. The van der Waals surface area contributed by atoms with Gasteiger partial charge in [-0.25, -0.2) is 4.39 Å². The molecular weight excluding hydrogens is 277 g/mol. The quantitative estimate of drug-likeness (QED) is 0.692. The molecule has 2 aromatic rings. The second kappa shape index (κ2) is 5.79. The minimum Gasteiger partial charge on any atom is -0.320 e. The first kappa shape index (κ1) is 14.1. The number of para-hydroxylation sites is 1. The van der Waals surface area contributed by atoms with Crippen LogP contribution in [0.25, 0.3) is 0 Å². The average molecular weight is 285 g/mol. The van der Waals surface area contributed by atoms with Gasteiger partial charge in [0.15, 0.2) is 0 Å². The summed E-state index contributed by atoms with van der Waals surface area (Å²) >= 11 is 0. The Bertz CT molecular complexity index is 768. The Morgan fingerprint density at radius 1 is 1.24 bits per heavy atom. The second-order valence-electron chi connectivity index (χ2n) is 4.00. The molecule has 2 rings (SSSR count). The maximum Gasteiger partial charge on any atom is 0.282 e. The van der Waals surface area contributed by atoms with Crippen LogP contribution in [0.1, 0.15) is 15.9 Å². The molecule has 0 fully saturated rings. The van der Waals surface area contributed by atoms with E-state index in [4.69, 9.17) is 5.26 Å². The number of hydrogen-bond donors (Lipinski definition) is 1. The molecule has 0 aliphatic rings. The van der Waals surface area contributed by atoms with E-state index in [0.29, 0.717) is 0 Å². The van der Waals surface area contributed by atoms with Gasteiger partial charge in [-0.1, -0.05) is 18.2 Å². The first-order chi connectivity index (χ1) is 10.0. The summed E-state index contributed by atoms with van der Waals surface area (Å²) in [7, 11) is 0. The molecule has 1 N–H and O–H groups in total. The molecule has 0 bridgehead atoms. The van der Waals surface area contributed by atoms with Gasteiger partial charge in [-0.05, 0) is 18.2 Å². The number of nitriles is 1. The molecule has 1 amide bonds. The molecule has 0 saturated heterocycles. The lowest BCUT2D eigenvalue weighted by atomic mass is 10.1. The van der Waals surface area contributed by atoms with Crippen molar-refractivity contribution in [3.8, 4) is 6.07 Å². The molecule has 0 atom stereocenters. The minimum absolute atomic E-state index is 0.0411. The number of halogens is 1. The third kappa shape index (κ3) is 2.84. The van der Waals surface area contributed by atoms with Crippen molar-refractivity contribution in [2.75, 3.05) is 5.32 Å². The summed E-state index contributed by atoms with van der Waals surface area (Å²) in [6.07, 6.45) is 0. The summed E-state index contributed by atoms with van der Waals surface area (Å²) in [5.41, 5.74) is -0.911. The zero-order valence-electron chi connectivity index (χ0n) is 10.5. The number of carbonyl (C=O) groups excluding carboxylic acids is 1. The number of amides is 1. The fourth-order valence-electron chi connectivity index (χ4n) is 1.76. The smallest absolute Gasteiger partial charge is 0.282 e. The first-order valence-electron chi connectivity index (χ1n) is 5.78. The summed E-state index contributed by atoms with van der Waals surface area (Å²) in [5.74, 6) is -1.57. The van der Waals surface area contributed by atoms with E-state index < -0.39 is 16.6 Å². The highest BCUT2D eigenvalue weighted by Crippen LogP contribution is 2.22. The van der Waals surface area contributed by atoms with Crippen LogP contribution in [0.15, 0.2) is 42.5 Å². The number of carbonyl (C=O) groups is 1. The summed E-state index contributed by atoms with van der Waals surface area (Å²) in [5, 5.41) is 22.1. The van der Waals surface area contributed by atoms with Gasteiger partial charge in [-0.3, -0.25) is 14.9 Å². The molecule has 0 aliphatic carbocycles. The lowest BCUT2D eigenvalue weighted by Gasteiger charge is -2.07. The summed E-state index contributed by atoms with van der Waals surface area (Å²) in [4.78, 5) is 22.3. The highest BCUT2D eigenvalue weighted by atomic mass is 19.1. The second-order valence-corrected chi connectivity index (χ2v) is 4.00. The average Bonchev–Trinajstić information content (AvgIpc) is 2.47. The zero-order chi connectivity index (χ0) is 15.4. The molecule has 2 aromatic carbocycles. The van der Waals surface area contributed by atoms with Crippen LogP contribution < -0.4 is 5.32 Å². The Kier molecular flexibility index (Phi) is 3.90. The van der Waals surface area contributed by atoms with Gasteiger partial charge in [0.2, 0.25) is 0 Å². The maximum absolute atomic E-state index is 13.4. The van der Waals surface area contributed by atoms with Crippen molar-refractivity contribution in [3.63, 3.8) is 0 Å². The van der Waals surface area contributed by atoms with Crippen molar-refractivity contribution in [3.05, 3.63) is 69.5 Å². The van der Waals surface area contributed by atoms with Gasteiger partial charge in [0.1, 0.15) is 23.0 Å². The van der Waals surface area contributed by atoms with E-state index in [1.165, 1.54) is 36.4 Å². The Hall–Kier alpha value is -3.27. The molecule has 21 heavy (non-hydrogen) atoms. The van der Waals surface area contributed by atoms with Gasteiger partial charge in [-0.2, -0.15) is 5.26 Å². The number of hydrogen-bond acceptors (Lipinski definition) is 4. The summed E-state index contributed by atoms with van der Waals surface area (Å²) < 4.78 is 13.4. The first-order valence-corrected chi connectivity index (χ1v) is 5.78. The van der Waals surface area contributed by atoms with Crippen LogP contribution >= 0.6 is 0 Å². The largest absolute Gasteiger partial charge is 0.320 e. The molecule has 0 heterocycles. The number of nitrogens with zero attached hydrogens (tertiary/aromatic N) is 2. The molecule has 7 heteroatoms. The van der Waals surface area contributed by atoms with Crippen LogP contribution in [-0.2, 0) is 0 Å². The number of rotatable bonds is 3. The normalized spacial score (nSPS) is 9.71. The number of nitro benzene ring substituents is 1. The van der Waals surface area contributed by atoms with E-state index in [1.54, 1.807) is 6.07 Å². The van der Waals surface area contributed by atoms with Crippen molar-refractivity contribution < 1.29 is 14.1 Å².